The maximum absolute atomic E-state index is 11.3. The Labute approximate surface area is 144 Å². The van der Waals surface area contributed by atoms with Gasteiger partial charge in [-0.2, -0.15) is 0 Å². The molecule has 0 rings (SSSR count). The molecule has 3 heteroatoms. The summed E-state index contributed by atoms with van der Waals surface area (Å²) >= 11 is 0. The van der Waals surface area contributed by atoms with Gasteiger partial charge in [-0.3, -0.25) is 4.79 Å². The molecule has 0 saturated heterocycles. The summed E-state index contributed by atoms with van der Waals surface area (Å²) in [7, 11) is 0. The van der Waals surface area contributed by atoms with Crippen molar-refractivity contribution in [2.45, 2.75) is 123 Å². The fourth-order valence-corrected chi connectivity index (χ4v) is 2.96. The van der Waals surface area contributed by atoms with Gasteiger partial charge in [0.1, 0.15) is 6.23 Å². The molecule has 1 amide bonds. The first-order valence-electron chi connectivity index (χ1n) is 10.1. The maximum Gasteiger partial charge on any atom is 0.221 e. The summed E-state index contributed by atoms with van der Waals surface area (Å²) in [5.41, 5.74) is 0. The van der Waals surface area contributed by atoms with Gasteiger partial charge in [-0.15, -0.1) is 0 Å². The van der Waals surface area contributed by atoms with Crippen molar-refractivity contribution in [2.75, 3.05) is 0 Å². The van der Waals surface area contributed by atoms with Crippen LogP contribution in [0.1, 0.15) is 117 Å². The molecule has 23 heavy (non-hydrogen) atoms. The Kier molecular flexibility index (Phi) is 17.3. The second kappa shape index (κ2) is 17.8. The van der Waals surface area contributed by atoms with Crippen molar-refractivity contribution in [3.05, 3.63) is 0 Å². The number of amides is 1. The summed E-state index contributed by atoms with van der Waals surface area (Å²) in [6.07, 6.45) is 19.8. The van der Waals surface area contributed by atoms with Gasteiger partial charge < -0.3 is 10.4 Å². The van der Waals surface area contributed by atoms with Crippen LogP contribution in [0.15, 0.2) is 0 Å². The van der Waals surface area contributed by atoms with Crippen LogP contribution in [0.25, 0.3) is 0 Å². The first-order valence-corrected chi connectivity index (χ1v) is 10.1. The van der Waals surface area contributed by atoms with Crippen LogP contribution >= 0.6 is 0 Å². The second-order valence-electron chi connectivity index (χ2n) is 6.94. The molecule has 0 aliphatic carbocycles. The number of rotatable bonds is 17. The Morgan fingerprint density at radius 2 is 1.09 bits per heavy atom. The number of hydrogen-bond acceptors (Lipinski definition) is 2. The minimum atomic E-state index is -0.723. The Hall–Kier alpha value is -0.570. The van der Waals surface area contributed by atoms with Crippen LogP contribution in [0.4, 0.5) is 0 Å². The van der Waals surface area contributed by atoms with Gasteiger partial charge in [0.2, 0.25) is 5.91 Å². The van der Waals surface area contributed by atoms with E-state index >= 15 is 0 Å². The van der Waals surface area contributed by atoms with E-state index in [0.29, 0.717) is 6.42 Å². The molecule has 0 heterocycles. The first-order chi connectivity index (χ1) is 11.2. The minimum absolute atomic E-state index is 0.0327. The highest BCUT2D eigenvalue weighted by molar-refractivity contribution is 5.75. The average Bonchev–Trinajstić information content (AvgIpc) is 2.50. The number of carbonyl (C=O) groups is 1. The fraction of sp³-hybridized carbons (Fsp3) is 0.950. The van der Waals surface area contributed by atoms with Crippen molar-refractivity contribution in [2.24, 2.45) is 0 Å². The SMILES string of the molecule is CCCCCCCCCCCCCCCCCC(=O)NC(C)O. The van der Waals surface area contributed by atoms with Gasteiger partial charge in [-0.05, 0) is 13.3 Å². The number of unbranched alkanes of at least 4 members (excludes halogenated alkanes) is 14. The van der Waals surface area contributed by atoms with Gasteiger partial charge in [0, 0.05) is 6.42 Å². The molecule has 0 spiro atoms. The number of aliphatic hydroxyl groups is 1. The lowest BCUT2D eigenvalue weighted by molar-refractivity contribution is -0.123. The molecule has 3 nitrogen and oxygen atoms in total. The van der Waals surface area contributed by atoms with E-state index in [0.717, 1.165) is 12.8 Å². The van der Waals surface area contributed by atoms with Crippen molar-refractivity contribution in [3.63, 3.8) is 0 Å². The monoisotopic (exact) mass is 327 g/mol. The van der Waals surface area contributed by atoms with Crippen molar-refractivity contribution in [1.29, 1.82) is 0 Å². The molecule has 1 unspecified atom stereocenters. The third kappa shape index (κ3) is 19.4. The van der Waals surface area contributed by atoms with Crippen LogP contribution in [0, 0.1) is 0 Å². The third-order valence-corrected chi connectivity index (χ3v) is 4.38. The predicted octanol–water partition coefficient (Wildman–Crippen LogP) is 5.70. The second-order valence-corrected chi connectivity index (χ2v) is 6.94. The molecule has 0 aromatic heterocycles. The summed E-state index contributed by atoms with van der Waals surface area (Å²) in [6.45, 7) is 3.85. The molecule has 0 fully saturated rings. The van der Waals surface area contributed by atoms with E-state index in [1.807, 2.05) is 0 Å². The molecule has 0 aliphatic rings. The van der Waals surface area contributed by atoms with Gasteiger partial charge in [-0.25, -0.2) is 0 Å². The quantitative estimate of drug-likeness (QED) is 0.266. The van der Waals surface area contributed by atoms with E-state index in [9.17, 15) is 4.79 Å². The van der Waals surface area contributed by atoms with E-state index < -0.39 is 6.23 Å². The van der Waals surface area contributed by atoms with Crippen molar-refractivity contribution in [3.8, 4) is 0 Å². The lowest BCUT2D eigenvalue weighted by atomic mass is 10.0. The molecule has 1 atom stereocenters. The van der Waals surface area contributed by atoms with Crippen LogP contribution in [0.5, 0.6) is 0 Å². The third-order valence-electron chi connectivity index (χ3n) is 4.38. The van der Waals surface area contributed by atoms with E-state index in [1.165, 1.54) is 83.5 Å². The molecule has 0 radical (unpaired) electrons. The molecule has 0 aliphatic heterocycles. The normalized spacial score (nSPS) is 12.3. The highest BCUT2D eigenvalue weighted by atomic mass is 16.3. The standard InChI is InChI=1S/C20H41NO2/c1-3-4-5-6-7-8-9-10-11-12-13-14-15-16-17-18-20(23)21-19(2)22/h19,22H,3-18H2,1-2H3,(H,21,23). The van der Waals surface area contributed by atoms with Gasteiger partial charge >= 0.3 is 0 Å². The van der Waals surface area contributed by atoms with Crippen LogP contribution in [-0.4, -0.2) is 17.2 Å². The molecule has 138 valence electrons. The Morgan fingerprint density at radius 3 is 1.43 bits per heavy atom. The number of aliphatic hydroxyl groups excluding tert-OH is 1. The maximum atomic E-state index is 11.3. The van der Waals surface area contributed by atoms with E-state index in [2.05, 4.69) is 12.2 Å². The first kappa shape index (κ1) is 22.4. The van der Waals surface area contributed by atoms with E-state index in [1.54, 1.807) is 6.92 Å². The Bertz CT molecular complexity index is 254. The zero-order valence-corrected chi connectivity index (χ0v) is 15.7. The zero-order valence-electron chi connectivity index (χ0n) is 15.7. The number of nitrogens with one attached hydrogen (secondary N) is 1. The highest BCUT2D eigenvalue weighted by Gasteiger charge is 2.03. The van der Waals surface area contributed by atoms with Crippen LogP contribution in [0.3, 0.4) is 0 Å². The fourth-order valence-electron chi connectivity index (χ4n) is 2.96. The van der Waals surface area contributed by atoms with Gasteiger partial charge in [0.05, 0.1) is 0 Å². The number of hydrogen-bond donors (Lipinski definition) is 2. The summed E-state index contributed by atoms with van der Waals surface area (Å²) in [5.74, 6) is -0.0327. The summed E-state index contributed by atoms with van der Waals surface area (Å²) in [4.78, 5) is 11.3. The Morgan fingerprint density at radius 1 is 0.739 bits per heavy atom. The largest absolute Gasteiger partial charge is 0.374 e. The molecular weight excluding hydrogens is 286 g/mol. The van der Waals surface area contributed by atoms with Gasteiger partial charge in [0.25, 0.3) is 0 Å². The summed E-state index contributed by atoms with van der Waals surface area (Å²) in [5, 5.41) is 11.5. The van der Waals surface area contributed by atoms with Crippen molar-refractivity contribution >= 4 is 5.91 Å². The molecule has 0 bridgehead atoms. The van der Waals surface area contributed by atoms with Crippen LogP contribution in [0.2, 0.25) is 0 Å². The molecular formula is C20H41NO2. The number of carbonyl (C=O) groups excluding carboxylic acids is 1. The molecule has 0 aromatic rings. The lowest BCUT2D eigenvalue weighted by Gasteiger charge is -2.07. The highest BCUT2D eigenvalue weighted by Crippen LogP contribution is 2.13. The smallest absolute Gasteiger partial charge is 0.221 e. The summed E-state index contributed by atoms with van der Waals surface area (Å²) < 4.78 is 0. The van der Waals surface area contributed by atoms with Crippen molar-refractivity contribution < 1.29 is 9.90 Å². The van der Waals surface area contributed by atoms with Crippen molar-refractivity contribution in [1.82, 2.24) is 5.32 Å². The molecule has 2 N–H and O–H groups in total. The predicted molar refractivity (Wildman–Crippen MR) is 99.4 cm³/mol. The zero-order chi connectivity index (χ0) is 17.2. The van der Waals surface area contributed by atoms with E-state index in [4.69, 9.17) is 5.11 Å². The van der Waals surface area contributed by atoms with Crippen LogP contribution in [-0.2, 0) is 4.79 Å². The summed E-state index contributed by atoms with van der Waals surface area (Å²) in [6, 6.07) is 0. The van der Waals surface area contributed by atoms with E-state index in [-0.39, 0.29) is 5.91 Å². The Balaban J connectivity index is 3.06. The van der Waals surface area contributed by atoms with Crippen LogP contribution < -0.4 is 5.32 Å². The lowest BCUT2D eigenvalue weighted by Crippen LogP contribution is -2.31. The van der Waals surface area contributed by atoms with Gasteiger partial charge in [-0.1, -0.05) is 96.8 Å². The topological polar surface area (TPSA) is 49.3 Å². The average molecular weight is 328 g/mol. The molecule has 0 aromatic carbocycles. The van der Waals surface area contributed by atoms with Gasteiger partial charge in [0.15, 0.2) is 0 Å². The molecule has 0 saturated carbocycles. The minimum Gasteiger partial charge on any atom is -0.374 e.